The van der Waals surface area contributed by atoms with E-state index in [0.717, 1.165) is 16.8 Å². The fourth-order valence-corrected chi connectivity index (χ4v) is 3.37. The molecule has 2 rings (SSSR count). The number of hydrogen-bond acceptors (Lipinski definition) is 6. The summed E-state index contributed by atoms with van der Waals surface area (Å²) >= 11 is 0. The molecule has 142 valence electrons. The first-order valence-corrected chi connectivity index (χ1v) is 9.47. The zero-order chi connectivity index (χ0) is 18.8. The van der Waals surface area contributed by atoms with Gasteiger partial charge in [-0.25, -0.2) is 22.3 Å². The summed E-state index contributed by atoms with van der Waals surface area (Å²) in [6.07, 6.45) is -4.09. The third-order valence-electron chi connectivity index (χ3n) is 3.80. The highest BCUT2D eigenvalue weighted by molar-refractivity contribution is 7.89. The first kappa shape index (κ1) is 19.8. The lowest BCUT2D eigenvalue weighted by molar-refractivity contribution is -0.0582. The Labute approximate surface area is 144 Å². The number of nitrogens with zero attached hydrogens (tertiary/aromatic N) is 1. The molecule has 4 atom stereocenters. The van der Waals surface area contributed by atoms with E-state index in [1.807, 2.05) is 4.98 Å². The van der Waals surface area contributed by atoms with Crippen molar-refractivity contribution in [1.82, 2.24) is 14.3 Å². The zero-order valence-electron chi connectivity index (χ0n) is 14.1. The van der Waals surface area contributed by atoms with Crippen molar-refractivity contribution in [2.75, 3.05) is 12.8 Å². The Bertz CT molecular complexity index is 805. The highest BCUT2D eigenvalue weighted by atomic mass is 32.2. The fourth-order valence-electron chi connectivity index (χ4n) is 2.63. The summed E-state index contributed by atoms with van der Waals surface area (Å²) in [4.78, 5) is 25.1. The quantitative estimate of drug-likeness (QED) is 0.659. The van der Waals surface area contributed by atoms with Crippen LogP contribution in [0, 0.1) is 0 Å². The molecule has 1 fully saturated rings. The smallest absolute Gasteiger partial charge is 0.330 e. The molecule has 25 heavy (non-hydrogen) atoms. The van der Waals surface area contributed by atoms with Crippen molar-refractivity contribution in [2.24, 2.45) is 0 Å². The summed E-state index contributed by atoms with van der Waals surface area (Å²) in [7, 11) is -2.21. The van der Waals surface area contributed by atoms with Crippen LogP contribution in [-0.4, -0.2) is 55.3 Å². The molecule has 0 bridgehead atoms. The van der Waals surface area contributed by atoms with Gasteiger partial charge in [0.05, 0.1) is 18.0 Å². The third kappa shape index (κ3) is 4.75. The highest BCUT2D eigenvalue weighted by Gasteiger charge is 2.47. The molecule has 1 aliphatic rings. The first-order valence-electron chi connectivity index (χ1n) is 7.82. The minimum atomic E-state index is -3.50. The zero-order valence-corrected chi connectivity index (χ0v) is 15.0. The lowest BCUT2D eigenvalue weighted by Crippen LogP contribution is -2.37. The highest BCUT2D eigenvalue weighted by Crippen LogP contribution is 2.35. The fraction of sp³-hybridized carbons (Fsp3) is 0.714. The predicted octanol–water partition coefficient (Wildman–Crippen LogP) is -0.495. The van der Waals surface area contributed by atoms with Gasteiger partial charge in [0.25, 0.3) is 5.56 Å². The van der Waals surface area contributed by atoms with Gasteiger partial charge in [-0.15, -0.1) is 0 Å². The molecule has 9 nitrogen and oxygen atoms in total. The summed E-state index contributed by atoms with van der Waals surface area (Å²) in [6.45, 7) is 3.43. The Kier molecular flexibility index (Phi) is 6.14. The number of aromatic nitrogens is 2. The Morgan fingerprint density at radius 1 is 1.44 bits per heavy atom. The van der Waals surface area contributed by atoms with Gasteiger partial charge in [-0.05, 0) is 27.3 Å². The van der Waals surface area contributed by atoms with Crippen molar-refractivity contribution >= 4 is 10.0 Å². The molecule has 1 aromatic heterocycles. The maximum absolute atomic E-state index is 14.9. The van der Waals surface area contributed by atoms with Gasteiger partial charge < -0.3 is 9.47 Å². The summed E-state index contributed by atoms with van der Waals surface area (Å²) < 4.78 is 52.3. The molecule has 0 unspecified atom stereocenters. The Morgan fingerprint density at radius 3 is 2.68 bits per heavy atom. The minimum Gasteiger partial charge on any atom is -0.370 e. The number of sulfonamides is 1. The van der Waals surface area contributed by atoms with Crippen LogP contribution in [0.2, 0.25) is 0 Å². The van der Waals surface area contributed by atoms with Crippen LogP contribution in [0.4, 0.5) is 4.39 Å². The summed E-state index contributed by atoms with van der Waals surface area (Å²) in [5.74, 6) is -0.272. The van der Waals surface area contributed by atoms with E-state index < -0.39 is 45.9 Å². The molecule has 2 N–H and O–H groups in total. The van der Waals surface area contributed by atoms with Gasteiger partial charge in [-0.2, -0.15) is 0 Å². The van der Waals surface area contributed by atoms with Crippen LogP contribution in [-0.2, 0) is 19.5 Å². The summed E-state index contributed by atoms with van der Waals surface area (Å²) in [5.41, 5.74) is -1.42. The van der Waals surface area contributed by atoms with Crippen molar-refractivity contribution in [3.05, 3.63) is 33.1 Å². The number of rotatable bonds is 7. The van der Waals surface area contributed by atoms with Crippen molar-refractivity contribution in [3.8, 4) is 0 Å². The maximum Gasteiger partial charge on any atom is 0.330 e. The van der Waals surface area contributed by atoms with Gasteiger partial charge in [0.2, 0.25) is 10.0 Å². The number of halogens is 1. The molecule has 0 saturated carbocycles. The van der Waals surface area contributed by atoms with E-state index in [0.29, 0.717) is 0 Å². The number of ether oxygens (including phenoxy) is 2. The van der Waals surface area contributed by atoms with E-state index in [1.54, 1.807) is 13.8 Å². The van der Waals surface area contributed by atoms with Gasteiger partial charge in [-0.1, -0.05) is 0 Å². The van der Waals surface area contributed by atoms with Gasteiger partial charge in [0.1, 0.15) is 6.10 Å². The normalized spacial score (nSPS) is 27.1. The van der Waals surface area contributed by atoms with Crippen molar-refractivity contribution in [3.63, 3.8) is 0 Å². The minimum absolute atomic E-state index is 0.00438. The molecule has 2 heterocycles. The van der Waals surface area contributed by atoms with E-state index in [4.69, 9.17) is 9.47 Å². The van der Waals surface area contributed by atoms with Crippen LogP contribution >= 0.6 is 0 Å². The van der Waals surface area contributed by atoms with Crippen LogP contribution in [0.3, 0.4) is 0 Å². The van der Waals surface area contributed by atoms with Crippen LogP contribution in [0.15, 0.2) is 21.9 Å². The standard InChI is InChI=1S/C14H22FN3O6S/c1-8(2)23-12-9(5-7-25(21,22)16-3)24-13(11(12)15)18-6-4-10(19)17-14(18)20/h4,6,8-9,11-13,16H,5,7H2,1-3H3,(H,17,19,20)/t9-,11-,12-,13-/m1/s1. The van der Waals surface area contributed by atoms with Crippen molar-refractivity contribution < 1.29 is 22.3 Å². The van der Waals surface area contributed by atoms with Crippen LogP contribution in [0.25, 0.3) is 0 Å². The molecule has 0 aliphatic carbocycles. The average molecular weight is 379 g/mol. The number of aromatic amines is 1. The molecular weight excluding hydrogens is 357 g/mol. The Balaban J connectivity index is 2.26. The van der Waals surface area contributed by atoms with Crippen LogP contribution in [0.1, 0.15) is 26.5 Å². The molecule has 0 spiro atoms. The molecule has 0 radical (unpaired) electrons. The number of H-pyrrole nitrogens is 1. The van der Waals surface area contributed by atoms with E-state index in [2.05, 4.69) is 4.72 Å². The summed E-state index contributed by atoms with van der Waals surface area (Å²) in [5, 5.41) is 0. The van der Waals surface area contributed by atoms with E-state index in [9.17, 15) is 22.4 Å². The largest absolute Gasteiger partial charge is 0.370 e. The lowest BCUT2D eigenvalue weighted by atomic mass is 10.1. The second-order valence-corrected chi connectivity index (χ2v) is 8.03. The monoisotopic (exact) mass is 379 g/mol. The number of hydrogen-bond donors (Lipinski definition) is 2. The first-order chi connectivity index (χ1) is 11.6. The molecule has 1 saturated heterocycles. The SMILES string of the molecule is CNS(=O)(=O)CC[C@H]1O[C@@H](n2ccc(=O)[nH]c2=O)[C@H](F)[C@@H]1OC(C)C. The van der Waals surface area contributed by atoms with E-state index in [-0.39, 0.29) is 18.3 Å². The van der Waals surface area contributed by atoms with E-state index in [1.165, 1.54) is 7.05 Å². The molecular formula is C14H22FN3O6S. The second-order valence-electron chi connectivity index (χ2n) is 5.99. The molecule has 1 aromatic rings. The topological polar surface area (TPSA) is 119 Å². The molecule has 1 aliphatic heterocycles. The molecule has 0 amide bonds. The average Bonchev–Trinajstić information content (AvgIpc) is 2.82. The van der Waals surface area contributed by atoms with Crippen LogP contribution < -0.4 is 16.0 Å². The van der Waals surface area contributed by atoms with Gasteiger partial charge >= 0.3 is 5.69 Å². The predicted molar refractivity (Wildman–Crippen MR) is 87.6 cm³/mol. The van der Waals surface area contributed by atoms with Crippen molar-refractivity contribution in [1.29, 1.82) is 0 Å². The molecule has 0 aromatic carbocycles. The lowest BCUT2D eigenvalue weighted by Gasteiger charge is -2.22. The Morgan fingerprint density at radius 2 is 2.12 bits per heavy atom. The summed E-state index contributed by atoms with van der Waals surface area (Å²) in [6, 6.07) is 1.08. The third-order valence-corrected chi connectivity index (χ3v) is 5.20. The van der Waals surface area contributed by atoms with E-state index >= 15 is 0 Å². The number of alkyl halides is 1. The van der Waals surface area contributed by atoms with Crippen molar-refractivity contribution in [2.45, 2.75) is 51.0 Å². The molecule has 11 heteroatoms. The maximum atomic E-state index is 14.9. The van der Waals surface area contributed by atoms with Crippen LogP contribution in [0.5, 0.6) is 0 Å². The second kappa shape index (κ2) is 7.77. The van der Waals surface area contributed by atoms with Gasteiger partial charge in [-0.3, -0.25) is 14.3 Å². The number of nitrogens with one attached hydrogen (secondary N) is 2. The van der Waals surface area contributed by atoms with Gasteiger partial charge in [0, 0.05) is 12.3 Å². The Hall–Kier alpha value is -1.56. The van der Waals surface area contributed by atoms with Gasteiger partial charge in [0.15, 0.2) is 12.4 Å².